The summed E-state index contributed by atoms with van der Waals surface area (Å²) in [5.41, 5.74) is 4.82. The smallest absolute Gasteiger partial charge is 0.272 e. The van der Waals surface area contributed by atoms with Crippen LogP contribution in [0, 0.1) is 6.92 Å². The number of aromatic nitrogens is 3. The van der Waals surface area contributed by atoms with Crippen molar-refractivity contribution in [1.29, 1.82) is 0 Å². The average molecular weight is 311 g/mol. The number of nitrogens with one attached hydrogen (secondary N) is 1. The predicted octanol–water partition coefficient (Wildman–Crippen LogP) is 2.69. The second-order valence-corrected chi connectivity index (χ2v) is 5.66. The first kappa shape index (κ1) is 15.3. The van der Waals surface area contributed by atoms with E-state index in [0.717, 1.165) is 47.6 Å². The van der Waals surface area contributed by atoms with E-state index in [9.17, 15) is 4.79 Å². The summed E-state index contributed by atoms with van der Waals surface area (Å²) in [4.78, 5) is 16.9. The van der Waals surface area contributed by atoms with E-state index >= 15 is 0 Å². The summed E-state index contributed by atoms with van der Waals surface area (Å²) in [6.07, 6.45) is 2.44. The second kappa shape index (κ2) is 6.28. The molecule has 0 aliphatic rings. The van der Waals surface area contributed by atoms with Crippen molar-refractivity contribution in [3.8, 4) is 5.75 Å². The molecule has 0 unspecified atom stereocenters. The van der Waals surface area contributed by atoms with E-state index in [2.05, 4.69) is 17.0 Å². The lowest BCUT2D eigenvalue weighted by molar-refractivity contribution is 0.414. The highest BCUT2D eigenvalue weighted by Gasteiger charge is 2.10. The molecule has 0 spiro atoms. The summed E-state index contributed by atoms with van der Waals surface area (Å²) in [5.74, 6) is 0.849. The van der Waals surface area contributed by atoms with Crippen LogP contribution in [-0.2, 0) is 19.3 Å². The standard InChI is InChI=1S/C18H21N3O2/c1-4-16-12(2)18-19-14(11-17(22)21(18)20-16)8-5-13-6-9-15(23-3)10-7-13/h6-7,9-11,20H,4-5,8H2,1-3H3. The van der Waals surface area contributed by atoms with Gasteiger partial charge in [-0.1, -0.05) is 19.1 Å². The minimum absolute atomic E-state index is 0.0532. The van der Waals surface area contributed by atoms with Crippen LogP contribution in [0.1, 0.15) is 29.4 Å². The van der Waals surface area contributed by atoms with Crippen LogP contribution < -0.4 is 10.3 Å². The van der Waals surface area contributed by atoms with Gasteiger partial charge in [-0.05, 0) is 43.9 Å². The normalized spacial score (nSPS) is 11.1. The van der Waals surface area contributed by atoms with Crippen LogP contribution in [0.2, 0.25) is 0 Å². The zero-order valence-electron chi connectivity index (χ0n) is 13.7. The first-order valence-electron chi connectivity index (χ1n) is 7.85. The van der Waals surface area contributed by atoms with Crippen LogP contribution in [0.15, 0.2) is 35.1 Å². The minimum Gasteiger partial charge on any atom is -0.497 e. The number of nitrogens with zero attached hydrogens (tertiary/aromatic N) is 2. The molecule has 0 bridgehead atoms. The van der Waals surface area contributed by atoms with Crippen molar-refractivity contribution in [1.82, 2.24) is 14.6 Å². The predicted molar refractivity (Wildman–Crippen MR) is 90.3 cm³/mol. The molecular weight excluding hydrogens is 290 g/mol. The average Bonchev–Trinajstić information content (AvgIpc) is 2.90. The Morgan fingerprint density at radius 1 is 1.22 bits per heavy atom. The number of rotatable bonds is 5. The molecule has 120 valence electrons. The Balaban J connectivity index is 1.85. The number of hydrogen-bond donors (Lipinski definition) is 1. The van der Waals surface area contributed by atoms with Crippen molar-refractivity contribution in [2.75, 3.05) is 7.11 Å². The summed E-state index contributed by atoms with van der Waals surface area (Å²) in [6.45, 7) is 4.07. The molecule has 5 nitrogen and oxygen atoms in total. The fourth-order valence-corrected chi connectivity index (χ4v) is 2.78. The number of fused-ring (bicyclic) bond motifs is 1. The van der Waals surface area contributed by atoms with Crippen molar-refractivity contribution < 1.29 is 4.74 Å². The van der Waals surface area contributed by atoms with Crippen LogP contribution in [-0.4, -0.2) is 21.7 Å². The van der Waals surface area contributed by atoms with Gasteiger partial charge in [-0.2, -0.15) is 0 Å². The quantitative estimate of drug-likeness (QED) is 0.788. The maximum Gasteiger partial charge on any atom is 0.272 e. The zero-order valence-corrected chi connectivity index (χ0v) is 13.7. The van der Waals surface area contributed by atoms with Crippen molar-refractivity contribution >= 4 is 5.65 Å². The largest absolute Gasteiger partial charge is 0.497 e. The van der Waals surface area contributed by atoms with Crippen molar-refractivity contribution in [2.24, 2.45) is 0 Å². The maximum atomic E-state index is 12.3. The van der Waals surface area contributed by atoms with Crippen LogP contribution in [0.4, 0.5) is 0 Å². The lowest BCUT2D eigenvalue weighted by Crippen LogP contribution is -2.16. The zero-order chi connectivity index (χ0) is 16.4. The van der Waals surface area contributed by atoms with E-state index in [1.54, 1.807) is 13.2 Å². The van der Waals surface area contributed by atoms with Gasteiger partial charge in [-0.15, -0.1) is 0 Å². The summed E-state index contributed by atoms with van der Waals surface area (Å²) < 4.78 is 6.69. The summed E-state index contributed by atoms with van der Waals surface area (Å²) in [5, 5.41) is 3.12. The second-order valence-electron chi connectivity index (χ2n) is 5.66. The Bertz CT molecular complexity index is 876. The van der Waals surface area contributed by atoms with Gasteiger partial charge in [0.1, 0.15) is 5.75 Å². The highest BCUT2D eigenvalue weighted by atomic mass is 16.5. The number of aryl methyl sites for hydroxylation is 4. The number of H-pyrrole nitrogens is 1. The molecule has 0 radical (unpaired) electrons. The topological polar surface area (TPSA) is 59.4 Å². The summed E-state index contributed by atoms with van der Waals surface area (Å²) in [6, 6.07) is 9.60. The van der Waals surface area contributed by atoms with Crippen molar-refractivity contribution in [2.45, 2.75) is 33.1 Å². The molecule has 3 aromatic rings. The van der Waals surface area contributed by atoms with Crippen molar-refractivity contribution in [3.05, 3.63) is 63.2 Å². The SMILES string of the molecule is CCc1[nH]n2c(=O)cc(CCc3ccc(OC)cc3)nc2c1C. The number of methoxy groups -OCH3 is 1. The summed E-state index contributed by atoms with van der Waals surface area (Å²) >= 11 is 0. The van der Waals surface area contributed by atoms with Gasteiger partial charge in [-0.25, -0.2) is 9.50 Å². The van der Waals surface area contributed by atoms with Gasteiger partial charge in [0, 0.05) is 23.0 Å². The molecule has 0 atom stereocenters. The molecule has 0 aliphatic carbocycles. The Kier molecular flexibility index (Phi) is 4.19. The Morgan fingerprint density at radius 2 is 1.96 bits per heavy atom. The molecule has 1 aromatic carbocycles. The van der Waals surface area contributed by atoms with E-state index in [4.69, 9.17) is 4.74 Å². The Hall–Kier alpha value is -2.56. The molecule has 23 heavy (non-hydrogen) atoms. The van der Waals surface area contributed by atoms with Gasteiger partial charge in [-0.3, -0.25) is 9.89 Å². The van der Waals surface area contributed by atoms with E-state index < -0.39 is 0 Å². The highest BCUT2D eigenvalue weighted by Crippen LogP contribution is 2.15. The van der Waals surface area contributed by atoms with E-state index in [1.807, 2.05) is 31.2 Å². The van der Waals surface area contributed by atoms with E-state index in [0.29, 0.717) is 0 Å². The molecule has 0 amide bonds. The first-order valence-corrected chi connectivity index (χ1v) is 7.85. The molecule has 0 fully saturated rings. The lowest BCUT2D eigenvalue weighted by atomic mass is 10.1. The van der Waals surface area contributed by atoms with Gasteiger partial charge in [0.15, 0.2) is 5.65 Å². The van der Waals surface area contributed by atoms with Gasteiger partial charge in [0.25, 0.3) is 5.56 Å². The molecular formula is C18H21N3O2. The monoisotopic (exact) mass is 311 g/mol. The lowest BCUT2D eigenvalue weighted by Gasteiger charge is -2.04. The fraction of sp³-hybridized carbons (Fsp3) is 0.333. The Labute approximate surface area is 134 Å². The van der Waals surface area contributed by atoms with Gasteiger partial charge in [0.05, 0.1) is 7.11 Å². The molecule has 2 aromatic heterocycles. The van der Waals surface area contributed by atoms with E-state index in [-0.39, 0.29) is 5.56 Å². The number of aromatic amines is 1. The van der Waals surface area contributed by atoms with Gasteiger partial charge < -0.3 is 4.74 Å². The van der Waals surface area contributed by atoms with Crippen LogP contribution >= 0.6 is 0 Å². The van der Waals surface area contributed by atoms with E-state index in [1.165, 1.54) is 10.1 Å². The molecule has 5 heteroatoms. The van der Waals surface area contributed by atoms with Crippen LogP contribution in [0.25, 0.3) is 5.65 Å². The third-order valence-electron chi connectivity index (χ3n) is 4.19. The molecule has 1 N–H and O–H groups in total. The molecule has 3 rings (SSSR count). The van der Waals surface area contributed by atoms with Crippen LogP contribution in [0.3, 0.4) is 0 Å². The third kappa shape index (κ3) is 2.99. The number of ether oxygens (including phenoxy) is 1. The third-order valence-corrected chi connectivity index (χ3v) is 4.19. The minimum atomic E-state index is -0.0532. The van der Waals surface area contributed by atoms with Gasteiger partial charge >= 0.3 is 0 Å². The van der Waals surface area contributed by atoms with Crippen molar-refractivity contribution in [3.63, 3.8) is 0 Å². The number of benzene rings is 1. The molecule has 2 heterocycles. The van der Waals surface area contributed by atoms with Crippen LogP contribution in [0.5, 0.6) is 5.75 Å². The fourth-order valence-electron chi connectivity index (χ4n) is 2.78. The molecule has 0 saturated heterocycles. The summed E-state index contributed by atoms with van der Waals surface area (Å²) in [7, 11) is 1.66. The van der Waals surface area contributed by atoms with Gasteiger partial charge in [0.2, 0.25) is 0 Å². The molecule has 0 saturated carbocycles. The maximum absolute atomic E-state index is 12.3. The molecule has 0 aliphatic heterocycles. The highest BCUT2D eigenvalue weighted by molar-refractivity contribution is 5.49. The first-order chi connectivity index (χ1) is 11.1. The Morgan fingerprint density at radius 3 is 2.61 bits per heavy atom. The number of hydrogen-bond acceptors (Lipinski definition) is 3.